The zero-order valence-electron chi connectivity index (χ0n) is 11.7. The lowest BCUT2D eigenvalue weighted by atomic mass is 10.3. The number of halogens is 1. The van der Waals surface area contributed by atoms with E-state index in [1.807, 2.05) is 6.92 Å². The highest BCUT2D eigenvalue weighted by molar-refractivity contribution is 9.11. The Hall–Kier alpha value is -1.80. The van der Waals surface area contributed by atoms with Crippen molar-refractivity contribution in [3.63, 3.8) is 0 Å². The van der Waals surface area contributed by atoms with E-state index >= 15 is 0 Å². The van der Waals surface area contributed by atoms with Gasteiger partial charge in [-0.05, 0) is 40.5 Å². The van der Waals surface area contributed by atoms with Crippen molar-refractivity contribution < 1.29 is 14.3 Å². The first-order valence-corrected chi connectivity index (χ1v) is 8.16. The van der Waals surface area contributed by atoms with E-state index in [1.54, 1.807) is 12.1 Å². The number of carbonyl (C=O) groups excluding carboxylic acids is 2. The van der Waals surface area contributed by atoms with E-state index in [2.05, 4.69) is 21.0 Å². The van der Waals surface area contributed by atoms with Crippen LogP contribution < -0.4 is 5.56 Å². The molecule has 0 aliphatic carbocycles. The first-order valence-electron chi connectivity index (χ1n) is 6.55. The lowest BCUT2D eigenvalue weighted by molar-refractivity contribution is 0.0467. The minimum Gasteiger partial charge on any atom is -0.452 e. The Kier molecular flexibility index (Phi) is 5.62. The van der Waals surface area contributed by atoms with Crippen LogP contribution in [-0.4, -0.2) is 28.1 Å². The lowest BCUT2D eigenvalue weighted by Gasteiger charge is -2.05. The van der Waals surface area contributed by atoms with E-state index in [-0.39, 0.29) is 23.6 Å². The topological polar surface area (TPSA) is 78.3 Å². The Morgan fingerprint density at radius 3 is 2.73 bits per heavy atom. The maximum atomic E-state index is 11.9. The molecule has 0 bridgehead atoms. The fourth-order valence-corrected chi connectivity index (χ4v) is 2.98. The van der Waals surface area contributed by atoms with Crippen LogP contribution in [0.5, 0.6) is 0 Å². The van der Waals surface area contributed by atoms with E-state index in [9.17, 15) is 14.4 Å². The number of aromatic nitrogens is 2. The van der Waals surface area contributed by atoms with Crippen molar-refractivity contribution in [3.8, 4) is 0 Å². The van der Waals surface area contributed by atoms with Crippen LogP contribution in [-0.2, 0) is 11.3 Å². The molecule has 0 saturated carbocycles. The molecule has 2 rings (SSSR count). The number of carbonyl (C=O) groups is 2. The molecule has 2 heterocycles. The fraction of sp³-hybridized carbons (Fsp3) is 0.286. The van der Waals surface area contributed by atoms with E-state index in [4.69, 9.17) is 4.74 Å². The number of thiophene rings is 1. The summed E-state index contributed by atoms with van der Waals surface area (Å²) >= 11 is 4.53. The molecule has 22 heavy (non-hydrogen) atoms. The molecule has 2 aromatic heterocycles. The molecule has 8 heteroatoms. The summed E-state index contributed by atoms with van der Waals surface area (Å²) in [6.45, 7) is 1.96. The Morgan fingerprint density at radius 1 is 1.32 bits per heavy atom. The molecule has 0 aromatic carbocycles. The van der Waals surface area contributed by atoms with Crippen molar-refractivity contribution in [3.05, 3.63) is 49.0 Å². The molecule has 0 aliphatic heterocycles. The average molecular weight is 385 g/mol. The van der Waals surface area contributed by atoms with Crippen molar-refractivity contribution in [2.45, 2.75) is 19.9 Å². The number of esters is 1. The Balaban J connectivity index is 2.02. The monoisotopic (exact) mass is 384 g/mol. The Labute approximate surface area is 138 Å². The summed E-state index contributed by atoms with van der Waals surface area (Å²) < 4.78 is 6.98. The molecule has 2 aromatic rings. The van der Waals surface area contributed by atoms with Gasteiger partial charge in [-0.1, -0.05) is 6.92 Å². The summed E-state index contributed by atoms with van der Waals surface area (Å²) in [4.78, 5) is 35.8. The molecule has 6 nitrogen and oxygen atoms in total. The second-order valence-corrected chi connectivity index (χ2v) is 6.85. The van der Waals surface area contributed by atoms with Crippen LogP contribution in [0.3, 0.4) is 0 Å². The van der Waals surface area contributed by atoms with Crippen LogP contribution in [0.25, 0.3) is 0 Å². The maximum Gasteiger partial charge on any atom is 0.359 e. The second kappa shape index (κ2) is 7.46. The zero-order chi connectivity index (χ0) is 16.1. The van der Waals surface area contributed by atoms with Gasteiger partial charge >= 0.3 is 5.97 Å². The van der Waals surface area contributed by atoms with Gasteiger partial charge in [-0.25, -0.2) is 9.48 Å². The molecular weight excluding hydrogens is 372 g/mol. The summed E-state index contributed by atoms with van der Waals surface area (Å²) in [7, 11) is 0. The molecule has 0 N–H and O–H groups in total. The average Bonchev–Trinajstić information content (AvgIpc) is 2.93. The van der Waals surface area contributed by atoms with Crippen LogP contribution in [0.1, 0.15) is 33.5 Å². The highest BCUT2D eigenvalue weighted by atomic mass is 79.9. The van der Waals surface area contributed by atoms with Gasteiger partial charge in [0, 0.05) is 12.6 Å². The summed E-state index contributed by atoms with van der Waals surface area (Å²) in [6, 6.07) is 5.97. The molecule has 0 aliphatic rings. The van der Waals surface area contributed by atoms with Crippen LogP contribution in [0, 0.1) is 0 Å². The highest BCUT2D eigenvalue weighted by Crippen LogP contribution is 2.22. The normalized spacial score (nSPS) is 10.5. The SMILES string of the molecule is CCCn1nc(C(=O)OCC(=O)c2ccc(Br)s2)ccc1=O. The zero-order valence-corrected chi connectivity index (χ0v) is 14.1. The predicted octanol–water partition coefficient (Wildman–Crippen LogP) is 2.52. The van der Waals surface area contributed by atoms with Gasteiger partial charge in [-0.3, -0.25) is 9.59 Å². The van der Waals surface area contributed by atoms with Gasteiger partial charge in [0.1, 0.15) is 0 Å². The number of ether oxygens (including phenoxy) is 1. The smallest absolute Gasteiger partial charge is 0.359 e. The molecule has 0 radical (unpaired) electrons. The van der Waals surface area contributed by atoms with E-state index in [0.717, 1.165) is 10.2 Å². The van der Waals surface area contributed by atoms with Crippen LogP contribution in [0.15, 0.2) is 32.8 Å². The van der Waals surface area contributed by atoms with Gasteiger partial charge in [0.05, 0.1) is 8.66 Å². The largest absolute Gasteiger partial charge is 0.452 e. The quantitative estimate of drug-likeness (QED) is 0.564. The predicted molar refractivity (Wildman–Crippen MR) is 85.4 cm³/mol. The summed E-state index contributed by atoms with van der Waals surface area (Å²) in [5.74, 6) is -1.01. The molecule has 116 valence electrons. The minimum atomic E-state index is -0.728. The van der Waals surface area contributed by atoms with Crippen molar-refractivity contribution in [2.24, 2.45) is 0 Å². The van der Waals surface area contributed by atoms with Gasteiger partial charge in [0.25, 0.3) is 5.56 Å². The van der Waals surface area contributed by atoms with E-state index in [1.165, 1.54) is 28.2 Å². The van der Waals surface area contributed by atoms with E-state index in [0.29, 0.717) is 11.4 Å². The third kappa shape index (κ3) is 4.11. The number of hydrogen-bond donors (Lipinski definition) is 0. The van der Waals surface area contributed by atoms with Crippen LogP contribution >= 0.6 is 27.3 Å². The van der Waals surface area contributed by atoms with Gasteiger partial charge in [0.15, 0.2) is 12.3 Å². The number of nitrogens with zero attached hydrogens (tertiary/aromatic N) is 2. The molecular formula is C14H13BrN2O4S. The standard InChI is InChI=1S/C14H13BrN2O4S/c1-2-7-17-13(19)6-3-9(16-17)14(20)21-8-10(18)11-4-5-12(15)22-11/h3-6H,2,7-8H2,1H3. The van der Waals surface area contributed by atoms with Gasteiger partial charge in [0.2, 0.25) is 5.78 Å². The Bertz CT molecular complexity index is 753. The highest BCUT2D eigenvalue weighted by Gasteiger charge is 2.15. The lowest BCUT2D eigenvalue weighted by Crippen LogP contribution is -2.25. The molecule has 0 atom stereocenters. The number of ketones is 1. The van der Waals surface area contributed by atoms with Crippen molar-refractivity contribution in [1.29, 1.82) is 0 Å². The number of Topliss-reactive ketones (excluding diaryl/α,β-unsaturated/α-hetero) is 1. The van der Waals surface area contributed by atoms with Gasteiger partial charge in [-0.15, -0.1) is 11.3 Å². The fourth-order valence-electron chi connectivity index (χ4n) is 1.67. The molecule has 0 saturated heterocycles. The van der Waals surface area contributed by atoms with Crippen molar-refractivity contribution in [2.75, 3.05) is 6.61 Å². The summed E-state index contributed by atoms with van der Waals surface area (Å²) in [5, 5.41) is 3.93. The number of rotatable bonds is 6. The third-order valence-electron chi connectivity index (χ3n) is 2.69. The van der Waals surface area contributed by atoms with Gasteiger partial charge in [-0.2, -0.15) is 5.10 Å². The third-order valence-corrected chi connectivity index (χ3v) is 4.36. The maximum absolute atomic E-state index is 11.9. The Morgan fingerprint density at radius 2 is 2.09 bits per heavy atom. The first kappa shape index (κ1) is 16.6. The molecule has 0 amide bonds. The van der Waals surface area contributed by atoms with Crippen LogP contribution in [0.2, 0.25) is 0 Å². The van der Waals surface area contributed by atoms with Crippen LogP contribution in [0.4, 0.5) is 0 Å². The molecule has 0 spiro atoms. The van der Waals surface area contributed by atoms with E-state index < -0.39 is 5.97 Å². The summed E-state index contributed by atoms with van der Waals surface area (Å²) in [6.07, 6.45) is 0.719. The van der Waals surface area contributed by atoms with Crippen molar-refractivity contribution >= 4 is 39.0 Å². The second-order valence-electron chi connectivity index (χ2n) is 4.38. The summed E-state index contributed by atoms with van der Waals surface area (Å²) in [5.41, 5.74) is -0.272. The van der Waals surface area contributed by atoms with Crippen molar-refractivity contribution in [1.82, 2.24) is 9.78 Å². The number of hydrogen-bond acceptors (Lipinski definition) is 6. The minimum absolute atomic E-state index is 0.00760. The van der Waals surface area contributed by atoms with Gasteiger partial charge < -0.3 is 4.74 Å². The first-order chi connectivity index (χ1) is 10.5. The molecule has 0 fully saturated rings. The molecule has 0 unspecified atom stereocenters. The number of aryl methyl sites for hydroxylation is 1.